The van der Waals surface area contributed by atoms with Crippen molar-refractivity contribution >= 4 is 16.8 Å². The fourth-order valence-electron chi connectivity index (χ4n) is 4.93. The number of nitrogens with zero attached hydrogens (tertiary/aromatic N) is 4. The molecule has 7 heteroatoms. The van der Waals surface area contributed by atoms with Gasteiger partial charge in [0, 0.05) is 24.9 Å². The Morgan fingerprint density at radius 1 is 1.24 bits per heavy atom. The first-order valence-corrected chi connectivity index (χ1v) is 11.4. The molecule has 174 valence electrons. The minimum Gasteiger partial charge on any atom is -0.355 e. The number of methoxy groups -OCH3 is 1. The summed E-state index contributed by atoms with van der Waals surface area (Å²) in [5.41, 5.74) is 3.65. The van der Waals surface area contributed by atoms with E-state index in [1.54, 1.807) is 6.92 Å². The maximum absolute atomic E-state index is 12.0. The second kappa shape index (κ2) is 9.15. The Balaban J connectivity index is 1.91. The smallest absolute Gasteiger partial charge is 0.201 e. The molecule has 0 radical (unpaired) electrons. The van der Waals surface area contributed by atoms with Gasteiger partial charge in [-0.05, 0) is 94.2 Å². The number of ether oxygens (including phenoxy) is 1. The molecule has 0 bridgehead atoms. The summed E-state index contributed by atoms with van der Waals surface area (Å²) in [6.45, 7) is 7.54. The highest BCUT2D eigenvalue weighted by molar-refractivity contribution is 5.97. The van der Waals surface area contributed by atoms with Crippen molar-refractivity contribution in [3.8, 4) is 5.69 Å². The highest BCUT2D eigenvalue weighted by Crippen LogP contribution is 2.35. The van der Waals surface area contributed by atoms with E-state index in [2.05, 4.69) is 46.0 Å². The summed E-state index contributed by atoms with van der Waals surface area (Å²) in [6.07, 6.45) is 1.45. The highest BCUT2D eigenvalue weighted by atomic mass is 16.5. The Morgan fingerprint density at radius 3 is 2.70 bits per heavy atom. The van der Waals surface area contributed by atoms with Gasteiger partial charge in [-0.2, -0.15) is 0 Å². The summed E-state index contributed by atoms with van der Waals surface area (Å²) in [6, 6.07) is 14.1. The van der Waals surface area contributed by atoms with Crippen LogP contribution in [0.25, 0.3) is 16.7 Å². The largest absolute Gasteiger partial charge is 0.355 e. The molecule has 2 atom stereocenters. The van der Waals surface area contributed by atoms with Gasteiger partial charge in [-0.15, -0.1) is 4.91 Å². The van der Waals surface area contributed by atoms with Crippen molar-refractivity contribution in [1.82, 2.24) is 14.5 Å². The van der Waals surface area contributed by atoms with Crippen LogP contribution in [0.3, 0.4) is 0 Å². The predicted molar refractivity (Wildman–Crippen MR) is 130 cm³/mol. The monoisotopic (exact) mass is 448 g/mol. The highest BCUT2D eigenvalue weighted by Gasteiger charge is 2.38. The summed E-state index contributed by atoms with van der Waals surface area (Å²) in [7, 11) is 3.65. The van der Waals surface area contributed by atoms with Gasteiger partial charge < -0.3 is 9.64 Å². The van der Waals surface area contributed by atoms with E-state index >= 15 is 0 Å². The number of hydrogen-bond acceptors (Lipinski definition) is 6. The minimum atomic E-state index is -0.907. The number of rotatable bonds is 7. The Kier molecular flexibility index (Phi) is 6.45. The van der Waals surface area contributed by atoms with Crippen LogP contribution >= 0.6 is 0 Å². The number of nitroso groups, excluding NO2 is 1. The molecule has 1 aliphatic heterocycles. The number of piperidine rings is 1. The van der Waals surface area contributed by atoms with Gasteiger partial charge in [0.05, 0.1) is 16.4 Å². The first-order chi connectivity index (χ1) is 15.8. The van der Waals surface area contributed by atoms with Crippen molar-refractivity contribution in [2.45, 2.75) is 51.2 Å². The lowest BCUT2D eigenvalue weighted by Crippen LogP contribution is -2.36. The first kappa shape index (κ1) is 23.3. The van der Waals surface area contributed by atoms with E-state index < -0.39 is 11.6 Å². The van der Waals surface area contributed by atoms with Gasteiger partial charge in [0.15, 0.2) is 5.78 Å². The van der Waals surface area contributed by atoms with Crippen LogP contribution in [0.5, 0.6) is 0 Å². The average Bonchev–Trinajstić information content (AvgIpc) is 3.19. The molecule has 0 spiro atoms. The first-order valence-electron chi connectivity index (χ1n) is 11.4. The van der Waals surface area contributed by atoms with Crippen LogP contribution in [0.4, 0.5) is 0 Å². The van der Waals surface area contributed by atoms with E-state index in [0.717, 1.165) is 24.3 Å². The Hall–Kier alpha value is -2.90. The van der Waals surface area contributed by atoms with E-state index in [1.165, 1.54) is 25.5 Å². The number of ketones is 1. The molecule has 3 aromatic rings. The molecular weight excluding hydrogens is 416 g/mol. The van der Waals surface area contributed by atoms with Crippen LogP contribution in [-0.2, 0) is 10.2 Å². The molecule has 7 nitrogen and oxygen atoms in total. The van der Waals surface area contributed by atoms with Gasteiger partial charge in [-0.25, -0.2) is 4.98 Å². The predicted octanol–water partition coefficient (Wildman–Crippen LogP) is 5.05. The minimum absolute atomic E-state index is 0.0139. The normalized spacial score (nSPS) is 18.4. The molecule has 0 saturated carbocycles. The van der Waals surface area contributed by atoms with Crippen molar-refractivity contribution in [1.29, 1.82) is 0 Å². The lowest BCUT2D eigenvalue weighted by molar-refractivity contribution is 0.0477. The fraction of sp³-hybridized carbons (Fsp3) is 0.462. The molecule has 0 amide bonds. The number of likely N-dealkylation sites (N-methyl/N-ethyl adjacent to an activating group) is 1. The molecule has 33 heavy (non-hydrogen) atoms. The number of carbonyl (C=O) groups is 1. The third kappa shape index (κ3) is 4.35. The molecule has 4 rings (SSSR count). The van der Waals surface area contributed by atoms with E-state index in [1.807, 2.05) is 32.0 Å². The lowest BCUT2D eigenvalue weighted by Gasteiger charge is -2.31. The van der Waals surface area contributed by atoms with E-state index in [9.17, 15) is 9.70 Å². The molecule has 2 aromatic carbocycles. The zero-order valence-electron chi connectivity index (χ0n) is 20.0. The summed E-state index contributed by atoms with van der Waals surface area (Å²) in [5, 5.41) is 3.22. The number of likely N-dealkylation sites (tertiary alicyclic amines) is 1. The van der Waals surface area contributed by atoms with Crippen molar-refractivity contribution < 1.29 is 9.53 Å². The van der Waals surface area contributed by atoms with Crippen LogP contribution in [0, 0.1) is 4.91 Å². The molecule has 1 fully saturated rings. The SMILES string of the molecule is COC(N=O)C(C)(C)c1nc2cc(C(C)=O)ccc2n1-c1cccc(C2CCCN(C)C2)c1. The molecule has 0 aliphatic carbocycles. The summed E-state index contributed by atoms with van der Waals surface area (Å²) >= 11 is 0. The van der Waals surface area contributed by atoms with Gasteiger partial charge >= 0.3 is 0 Å². The Morgan fingerprint density at radius 2 is 2.03 bits per heavy atom. The van der Waals surface area contributed by atoms with Crippen LogP contribution in [0.2, 0.25) is 0 Å². The number of fused-ring (bicyclic) bond motifs is 1. The van der Waals surface area contributed by atoms with Crippen LogP contribution < -0.4 is 0 Å². The van der Waals surface area contributed by atoms with Gasteiger partial charge in [0.2, 0.25) is 6.23 Å². The number of benzene rings is 2. The van der Waals surface area contributed by atoms with Crippen molar-refractivity contribution in [3.05, 3.63) is 64.3 Å². The standard InChI is InChI=1S/C26H32N4O3/c1-17(31)18-11-12-23-22(15-18)27-24(26(2,3)25(28-32)33-5)30(23)21-10-6-8-19(14-21)20-9-7-13-29(4)16-20/h6,8,10-12,14-15,20,25H,7,9,13,16H2,1-5H3. The molecule has 1 saturated heterocycles. The van der Waals surface area contributed by atoms with E-state index in [-0.39, 0.29) is 5.78 Å². The average molecular weight is 449 g/mol. The Labute approximate surface area is 194 Å². The maximum atomic E-state index is 12.0. The van der Waals surface area contributed by atoms with Crippen molar-refractivity contribution in [2.75, 3.05) is 27.2 Å². The number of carbonyl (C=O) groups excluding carboxylic acids is 1. The maximum Gasteiger partial charge on any atom is 0.201 e. The molecule has 0 N–H and O–H groups in total. The van der Waals surface area contributed by atoms with Crippen molar-refractivity contribution in [2.24, 2.45) is 5.18 Å². The zero-order valence-corrected chi connectivity index (χ0v) is 20.0. The van der Waals surface area contributed by atoms with Gasteiger partial charge in [-0.3, -0.25) is 9.36 Å². The van der Waals surface area contributed by atoms with Crippen molar-refractivity contribution in [3.63, 3.8) is 0 Å². The van der Waals surface area contributed by atoms with E-state index in [4.69, 9.17) is 9.72 Å². The summed E-state index contributed by atoms with van der Waals surface area (Å²) in [5.74, 6) is 1.13. The topological polar surface area (TPSA) is 76.8 Å². The van der Waals surface area contributed by atoms with Crippen LogP contribution in [-0.4, -0.2) is 53.7 Å². The molecule has 1 aliphatic rings. The third-order valence-electron chi connectivity index (χ3n) is 6.80. The summed E-state index contributed by atoms with van der Waals surface area (Å²) < 4.78 is 7.48. The quantitative estimate of drug-likeness (QED) is 0.373. The number of imidazole rings is 1. The number of aromatic nitrogens is 2. The van der Waals surface area contributed by atoms with Gasteiger partial charge in [-0.1, -0.05) is 12.1 Å². The van der Waals surface area contributed by atoms with Gasteiger partial charge in [0.25, 0.3) is 0 Å². The molecule has 1 aromatic heterocycles. The second-order valence-corrected chi connectivity index (χ2v) is 9.64. The number of hydrogen-bond donors (Lipinski definition) is 0. The molecule has 2 heterocycles. The lowest BCUT2D eigenvalue weighted by atomic mass is 9.89. The number of Topliss-reactive ketones (excluding diaryl/α,β-unsaturated/α-hetero) is 1. The second-order valence-electron chi connectivity index (χ2n) is 9.64. The van der Waals surface area contributed by atoms with Crippen LogP contribution in [0.15, 0.2) is 47.6 Å². The Bertz CT molecular complexity index is 1180. The zero-order chi connectivity index (χ0) is 23.8. The third-order valence-corrected chi connectivity index (χ3v) is 6.80. The van der Waals surface area contributed by atoms with Gasteiger partial charge in [0.1, 0.15) is 5.82 Å². The fourth-order valence-corrected chi connectivity index (χ4v) is 4.93. The summed E-state index contributed by atoms with van der Waals surface area (Å²) in [4.78, 5) is 30.9. The molecular formula is C26H32N4O3. The van der Waals surface area contributed by atoms with E-state index in [0.29, 0.717) is 22.8 Å². The van der Waals surface area contributed by atoms with Crippen LogP contribution in [0.1, 0.15) is 61.3 Å². The molecule has 2 unspecified atom stereocenters.